The Morgan fingerprint density at radius 1 is 1.00 bits per heavy atom. The zero-order chi connectivity index (χ0) is 22.7. The van der Waals surface area contributed by atoms with Gasteiger partial charge >= 0.3 is 0 Å². The fourth-order valence-electron chi connectivity index (χ4n) is 7.58. The van der Waals surface area contributed by atoms with Crippen LogP contribution in [0.1, 0.15) is 70.3 Å². The van der Waals surface area contributed by atoms with Crippen molar-refractivity contribution in [3.05, 3.63) is 52.6 Å². The highest BCUT2D eigenvalue weighted by Crippen LogP contribution is 2.65. The van der Waals surface area contributed by atoms with Crippen LogP contribution in [0.5, 0.6) is 0 Å². The summed E-state index contributed by atoms with van der Waals surface area (Å²) in [6.45, 7) is 11.9. The van der Waals surface area contributed by atoms with Crippen molar-refractivity contribution in [2.45, 2.75) is 84.4 Å². The average molecular weight is 443 g/mol. The molecular weight excluding hydrogens is 404 g/mol. The number of rotatable bonds is 2. The van der Waals surface area contributed by atoms with E-state index >= 15 is 0 Å². The van der Waals surface area contributed by atoms with Crippen LogP contribution >= 0.6 is 0 Å². The van der Waals surface area contributed by atoms with Crippen molar-refractivity contribution in [2.24, 2.45) is 23.2 Å². The number of hydrogen-bond donors (Lipinski definition) is 0. The smallest absolute Gasteiger partial charge is 0.156 e. The second-order valence-corrected chi connectivity index (χ2v) is 17.1. The standard InChI is InChI=1S/C30H38OSi/c1-6-7-22-11-17-28-26-15-10-21-18-23(31)12-16-25(21)29(26)27(19-30(22,28)2)20-8-13-24(14-9-20)32(3,4)5/h8-9,13-14,18,22,26-28H,10-12,15-17,19H2,1-5H3/t22-,26+,27-,28+,30-/m1/s1. The molecule has 0 aliphatic heterocycles. The number of carbonyl (C=O) groups excluding carboxylic acids is 1. The minimum Gasteiger partial charge on any atom is -0.295 e. The molecule has 4 aliphatic rings. The van der Waals surface area contributed by atoms with Crippen LogP contribution < -0.4 is 5.19 Å². The van der Waals surface area contributed by atoms with Crippen LogP contribution in [-0.4, -0.2) is 13.9 Å². The van der Waals surface area contributed by atoms with Crippen LogP contribution in [0.3, 0.4) is 0 Å². The molecule has 2 saturated carbocycles. The Morgan fingerprint density at radius 3 is 2.44 bits per heavy atom. The van der Waals surface area contributed by atoms with Crippen molar-refractivity contribution in [1.82, 2.24) is 0 Å². The maximum atomic E-state index is 12.2. The van der Waals surface area contributed by atoms with Gasteiger partial charge in [-0.15, -0.1) is 5.92 Å². The van der Waals surface area contributed by atoms with E-state index in [4.69, 9.17) is 0 Å². The third-order valence-corrected chi connectivity index (χ3v) is 11.3. The first-order valence-electron chi connectivity index (χ1n) is 12.7. The summed E-state index contributed by atoms with van der Waals surface area (Å²) in [5.74, 6) is 9.63. The maximum Gasteiger partial charge on any atom is 0.156 e. The largest absolute Gasteiger partial charge is 0.295 e. The first kappa shape index (κ1) is 22.0. The number of hydrogen-bond acceptors (Lipinski definition) is 1. The fraction of sp³-hybridized carbons (Fsp3) is 0.567. The molecular formula is C30H38OSi. The molecule has 1 aromatic carbocycles. The summed E-state index contributed by atoms with van der Waals surface area (Å²) in [6, 6.07) is 9.71. The highest BCUT2D eigenvalue weighted by Gasteiger charge is 2.56. The highest BCUT2D eigenvalue weighted by molar-refractivity contribution is 6.88. The lowest BCUT2D eigenvalue weighted by atomic mass is 9.52. The average Bonchev–Trinajstić information content (AvgIpc) is 3.08. The Bertz CT molecular complexity index is 1050. The van der Waals surface area contributed by atoms with Crippen LogP contribution in [0, 0.1) is 35.0 Å². The summed E-state index contributed by atoms with van der Waals surface area (Å²) in [6.07, 6.45) is 9.73. The number of benzene rings is 1. The zero-order valence-electron chi connectivity index (χ0n) is 20.6. The first-order valence-corrected chi connectivity index (χ1v) is 16.2. The summed E-state index contributed by atoms with van der Waals surface area (Å²) in [5, 5.41) is 1.54. The third-order valence-electron chi connectivity index (χ3n) is 9.23. The summed E-state index contributed by atoms with van der Waals surface area (Å²) >= 11 is 0. The quantitative estimate of drug-likeness (QED) is 0.365. The van der Waals surface area contributed by atoms with Crippen LogP contribution in [0.25, 0.3) is 0 Å². The highest BCUT2D eigenvalue weighted by atomic mass is 28.3. The Labute approximate surface area is 195 Å². The molecule has 5 rings (SSSR count). The summed E-state index contributed by atoms with van der Waals surface area (Å²) in [4.78, 5) is 12.2. The van der Waals surface area contributed by atoms with Gasteiger partial charge in [0.2, 0.25) is 0 Å². The first-order chi connectivity index (χ1) is 15.2. The van der Waals surface area contributed by atoms with E-state index in [2.05, 4.69) is 62.7 Å². The molecule has 5 atom stereocenters. The van der Waals surface area contributed by atoms with E-state index in [0.717, 1.165) is 18.8 Å². The van der Waals surface area contributed by atoms with Crippen molar-refractivity contribution in [2.75, 3.05) is 0 Å². The second kappa shape index (κ2) is 7.88. The molecule has 0 spiro atoms. The number of carbonyl (C=O) groups is 1. The SMILES string of the molecule is CC#C[C@@H]1CC[C@H]2[C@@H]3CCC4=CC(=O)CCC4=C3[C@@H](c3ccc([Si](C)(C)C)cc3)C[C@]12C. The van der Waals surface area contributed by atoms with Crippen LogP contribution in [0.2, 0.25) is 19.6 Å². The van der Waals surface area contributed by atoms with E-state index in [1.54, 1.807) is 16.3 Å². The summed E-state index contributed by atoms with van der Waals surface area (Å²) < 4.78 is 0. The molecule has 0 amide bonds. The van der Waals surface area contributed by atoms with Crippen LogP contribution in [0.15, 0.2) is 47.1 Å². The van der Waals surface area contributed by atoms with E-state index in [1.807, 2.05) is 13.0 Å². The van der Waals surface area contributed by atoms with Gasteiger partial charge in [0.15, 0.2) is 5.78 Å². The minimum absolute atomic E-state index is 0.297. The molecule has 1 aromatic rings. The molecule has 32 heavy (non-hydrogen) atoms. The van der Waals surface area contributed by atoms with Gasteiger partial charge in [0.1, 0.15) is 0 Å². The van der Waals surface area contributed by atoms with E-state index < -0.39 is 8.07 Å². The van der Waals surface area contributed by atoms with Crippen molar-refractivity contribution in [1.29, 1.82) is 0 Å². The van der Waals surface area contributed by atoms with Gasteiger partial charge in [0.05, 0.1) is 8.07 Å². The van der Waals surface area contributed by atoms with E-state index in [0.29, 0.717) is 35.4 Å². The van der Waals surface area contributed by atoms with Gasteiger partial charge in [-0.2, -0.15) is 0 Å². The van der Waals surface area contributed by atoms with Gasteiger partial charge in [0, 0.05) is 18.3 Å². The van der Waals surface area contributed by atoms with Crippen molar-refractivity contribution in [3.63, 3.8) is 0 Å². The molecule has 0 heterocycles. The second-order valence-electron chi connectivity index (χ2n) is 12.0. The molecule has 0 radical (unpaired) electrons. The van der Waals surface area contributed by atoms with Crippen molar-refractivity contribution in [3.8, 4) is 11.8 Å². The predicted octanol–water partition coefficient (Wildman–Crippen LogP) is 6.77. The van der Waals surface area contributed by atoms with Gasteiger partial charge in [-0.25, -0.2) is 0 Å². The normalized spacial score (nSPS) is 34.2. The molecule has 0 aromatic heterocycles. The molecule has 4 aliphatic carbocycles. The predicted molar refractivity (Wildman–Crippen MR) is 137 cm³/mol. The third kappa shape index (κ3) is 3.49. The van der Waals surface area contributed by atoms with E-state index in [-0.39, 0.29) is 0 Å². The zero-order valence-corrected chi connectivity index (χ0v) is 21.6. The minimum atomic E-state index is -1.31. The van der Waals surface area contributed by atoms with Crippen molar-refractivity contribution >= 4 is 19.0 Å². The van der Waals surface area contributed by atoms with Crippen LogP contribution in [0.4, 0.5) is 0 Å². The van der Waals surface area contributed by atoms with Gasteiger partial charge in [-0.3, -0.25) is 4.79 Å². The molecule has 0 unspecified atom stereocenters. The Kier molecular flexibility index (Phi) is 5.41. The maximum absolute atomic E-state index is 12.2. The lowest BCUT2D eigenvalue weighted by Gasteiger charge is -2.52. The fourth-order valence-corrected chi connectivity index (χ4v) is 8.75. The van der Waals surface area contributed by atoms with Gasteiger partial charge in [-0.05, 0) is 85.5 Å². The lowest BCUT2D eigenvalue weighted by molar-refractivity contribution is -0.114. The summed E-state index contributed by atoms with van der Waals surface area (Å²) in [5.41, 5.74) is 6.43. The van der Waals surface area contributed by atoms with Gasteiger partial charge in [-0.1, -0.05) is 67.5 Å². The van der Waals surface area contributed by atoms with E-state index in [9.17, 15) is 4.79 Å². The Balaban J connectivity index is 1.64. The Hall–Kier alpha value is -1.85. The Morgan fingerprint density at radius 2 is 1.75 bits per heavy atom. The molecule has 2 fully saturated rings. The number of allylic oxidation sites excluding steroid dienone is 4. The molecule has 0 saturated heterocycles. The van der Waals surface area contributed by atoms with E-state index in [1.165, 1.54) is 36.8 Å². The molecule has 0 bridgehead atoms. The number of ketones is 1. The van der Waals surface area contributed by atoms with Crippen LogP contribution in [-0.2, 0) is 4.79 Å². The lowest BCUT2D eigenvalue weighted by Crippen LogP contribution is -2.43. The summed E-state index contributed by atoms with van der Waals surface area (Å²) in [7, 11) is -1.31. The topological polar surface area (TPSA) is 17.1 Å². The molecule has 168 valence electrons. The monoisotopic (exact) mass is 442 g/mol. The number of fused-ring (bicyclic) bond motifs is 4. The molecule has 0 N–H and O–H groups in total. The van der Waals surface area contributed by atoms with Crippen molar-refractivity contribution < 1.29 is 4.79 Å². The molecule has 1 nitrogen and oxygen atoms in total. The van der Waals surface area contributed by atoms with Gasteiger partial charge in [0.25, 0.3) is 0 Å². The van der Waals surface area contributed by atoms with Gasteiger partial charge < -0.3 is 0 Å². The molecule has 2 heteroatoms.